The molecule has 0 amide bonds. The molecule has 1 unspecified atom stereocenters. The van der Waals surface area contributed by atoms with Crippen LogP contribution in [0.4, 0.5) is 0 Å². The minimum Gasteiger partial charge on any atom is -0.299 e. The molecule has 0 aliphatic rings. The summed E-state index contributed by atoms with van der Waals surface area (Å²) in [6.45, 7) is 4.72. The molecule has 0 heterocycles. The molecule has 80 valence electrons. The van der Waals surface area contributed by atoms with Gasteiger partial charge in [0.05, 0.1) is 11.6 Å². The SMILES string of the molecule is C=CC(=O)C(C(C)=O)c1cccc(C#N)c1. The van der Waals surface area contributed by atoms with Gasteiger partial charge in [0.2, 0.25) is 0 Å². The molecule has 0 radical (unpaired) electrons. The molecule has 3 heteroatoms. The monoisotopic (exact) mass is 213 g/mol. The number of nitriles is 1. The zero-order valence-electron chi connectivity index (χ0n) is 8.93. The topological polar surface area (TPSA) is 57.9 Å². The average molecular weight is 213 g/mol. The quantitative estimate of drug-likeness (QED) is 0.567. The first-order chi connectivity index (χ1) is 7.60. The van der Waals surface area contributed by atoms with Crippen LogP contribution in [0.15, 0.2) is 36.9 Å². The van der Waals surface area contributed by atoms with Crippen molar-refractivity contribution >= 4 is 11.6 Å². The second-order valence-electron chi connectivity index (χ2n) is 3.39. The molecular weight excluding hydrogens is 202 g/mol. The Hall–Kier alpha value is -2.21. The number of benzene rings is 1. The summed E-state index contributed by atoms with van der Waals surface area (Å²) in [7, 11) is 0. The van der Waals surface area contributed by atoms with E-state index in [2.05, 4.69) is 6.58 Å². The van der Waals surface area contributed by atoms with Crippen LogP contribution in [0.3, 0.4) is 0 Å². The van der Waals surface area contributed by atoms with E-state index in [1.54, 1.807) is 24.3 Å². The Balaban J connectivity index is 3.22. The van der Waals surface area contributed by atoms with Gasteiger partial charge in [0.25, 0.3) is 0 Å². The van der Waals surface area contributed by atoms with Crippen molar-refractivity contribution < 1.29 is 9.59 Å². The van der Waals surface area contributed by atoms with Gasteiger partial charge in [-0.15, -0.1) is 0 Å². The third-order valence-electron chi connectivity index (χ3n) is 2.24. The standard InChI is InChI=1S/C13H11NO2/c1-3-12(16)13(9(2)15)11-6-4-5-10(7-11)8-14/h3-7,13H,1H2,2H3. The summed E-state index contributed by atoms with van der Waals surface area (Å²) in [6.07, 6.45) is 1.13. The van der Waals surface area contributed by atoms with Gasteiger partial charge in [-0.25, -0.2) is 0 Å². The van der Waals surface area contributed by atoms with E-state index in [1.807, 2.05) is 6.07 Å². The van der Waals surface area contributed by atoms with Crippen LogP contribution < -0.4 is 0 Å². The number of rotatable bonds is 4. The second kappa shape index (κ2) is 5.04. The van der Waals surface area contributed by atoms with Crippen molar-refractivity contribution in [2.45, 2.75) is 12.8 Å². The molecule has 0 saturated heterocycles. The summed E-state index contributed by atoms with van der Waals surface area (Å²) < 4.78 is 0. The van der Waals surface area contributed by atoms with E-state index >= 15 is 0 Å². The minimum absolute atomic E-state index is 0.250. The Bertz CT molecular complexity index is 483. The zero-order chi connectivity index (χ0) is 12.1. The fourth-order valence-corrected chi connectivity index (χ4v) is 1.50. The van der Waals surface area contributed by atoms with Crippen molar-refractivity contribution in [2.24, 2.45) is 0 Å². The molecule has 1 atom stereocenters. The van der Waals surface area contributed by atoms with Crippen LogP contribution in [0.5, 0.6) is 0 Å². The predicted molar refractivity (Wildman–Crippen MR) is 59.8 cm³/mol. The molecule has 0 aliphatic heterocycles. The highest BCUT2D eigenvalue weighted by Crippen LogP contribution is 2.19. The minimum atomic E-state index is -0.842. The van der Waals surface area contributed by atoms with Crippen molar-refractivity contribution in [3.8, 4) is 6.07 Å². The molecule has 1 aromatic carbocycles. The Morgan fingerprint density at radius 2 is 2.19 bits per heavy atom. The Morgan fingerprint density at radius 3 is 2.69 bits per heavy atom. The van der Waals surface area contributed by atoms with Crippen molar-refractivity contribution in [3.63, 3.8) is 0 Å². The van der Waals surface area contributed by atoms with Gasteiger partial charge >= 0.3 is 0 Å². The van der Waals surface area contributed by atoms with Gasteiger partial charge in [0.15, 0.2) is 5.78 Å². The number of hydrogen-bond donors (Lipinski definition) is 0. The van der Waals surface area contributed by atoms with E-state index in [0.717, 1.165) is 6.08 Å². The molecule has 16 heavy (non-hydrogen) atoms. The van der Waals surface area contributed by atoms with E-state index in [4.69, 9.17) is 5.26 Å². The summed E-state index contributed by atoms with van der Waals surface area (Å²) in [5.74, 6) is -1.44. The maximum absolute atomic E-state index is 11.5. The third kappa shape index (κ3) is 2.43. The van der Waals surface area contributed by atoms with E-state index < -0.39 is 5.92 Å². The second-order valence-corrected chi connectivity index (χ2v) is 3.39. The van der Waals surface area contributed by atoms with Crippen LogP contribution in [0.2, 0.25) is 0 Å². The Kier molecular flexibility index (Phi) is 3.73. The predicted octanol–water partition coefficient (Wildman–Crippen LogP) is 1.99. The molecule has 0 aliphatic carbocycles. The van der Waals surface area contributed by atoms with Crippen molar-refractivity contribution in [1.82, 2.24) is 0 Å². The molecule has 0 saturated carbocycles. The molecule has 0 bridgehead atoms. The Labute approximate surface area is 94.0 Å². The molecule has 1 rings (SSSR count). The molecule has 1 aromatic rings. The Morgan fingerprint density at radius 1 is 1.50 bits per heavy atom. The van der Waals surface area contributed by atoms with E-state index in [9.17, 15) is 9.59 Å². The summed E-state index contributed by atoms with van der Waals surface area (Å²) in [6, 6.07) is 8.46. The van der Waals surface area contributed by atoms with Crippen LogP contribution in [0, 0.1) is 11.3 Å². The summed E-state index contributed by atoms with van der Waals surface area (Å²) in [4.78, 5) is 22.9. The van der Waals surface area contributed by atoms with Gasteiger partial charge < -0.3 is 0 Å². The van der Waals surface area contributed by atoms with Crippen LogP contribution in [-0.4, -0.2) is 11.6 Å². The lowest BCUT2D eigenvalue weighted by Gasteiger charge is -2.10. The molecule has 0 spiro atoms. The molecule has 3 nitrogen and oxygen atoms in total. The number of ketones is 2. The number of allylic oxidation sites excluding steroid dienone is 1. The largest absolute Gasteiger partial charge is 0.299 e. The van der Waals surface area contributed by atoms with Crippen molar-refractivity contribution in [3.05, 3.63) is 48.0 Å². The lowest BCUT2D eigenvalue weighted by molar-refractivity contribution is -0.125. The normalized spacial score (nSPS) is 11.2. The number of carbonyl (C=O) groups is 2. The van der Waals surface area contributed by atoms with Gasteiger partial charge in [-0.2, -0.15) is 5.26 Å². The highest BCUT2D eigenvalue weighted by atomic mass is 16.1. The van der Waals surface area contributed by atoms with Gasteiger partial charge in [-0.05, 0) is 30.7 Å². The maximum Gasteiger partial charge on any atom is 0.169 e. The molecule has 0 aromatic heterocycles. The summed E-state index contributed by atoms with van der Waals surface area (Å²) in [5, 5.41) is 8.74. The first-order valence-electron chi connectivity index (χ1n) is 4.77. The van der Waals surface area contributed by atoms with Gasteiger partial charge in [-0.1, -0.05) is 18.7 Å². The third-order valence-corrected chi connectivity index (χ3v) is 2.24. The van der Waals surface area contributed by atoms with Crippen molar-refractivity contribution in [2.75, 3.05) is 0 Å². The number of Topliss-reactive ketones (excluding diaryl/α,β-unsaturated/α-hetero) is 1. The van der Waals surface area contributed by atoms with Crippen LogP contribution in [0.25, 0.3) is 0 Å². The zero-order valence-corrected chi connectivity index (χ0v) is 8.93. The van der Waals surface area contributed by atoms with E-state index in [0.29, 0.717) is 11.1 Å². The molecule has 0 N–H and O–H groups in total. The van der Waals surface area contributed by atoms with Crippen LogP contribution in [-0.2, 0) is 9.59 Å². The fourth-order valence-electron chi connectivity index (χ4n) is 1.50. The summed E-state index contributed by atoms with van der Waals surface area (Å²) in [5.41, 5.74) is 0.970. The van der Waals surface area contributed by atoms with Crippen LogP contribution in [0.1, 0.15) is 24.0 Å². The van der Waals surface area contributed by atoms with Crippen molar-refractivity contribution in [1.29, 1.82) is 5.26 Å². The highest BCUT2D eigenvalue weighted by molar-refractivity contribution is 6.11. The van der Waals surface area contributed by atoms with Gasteiger partial charge in [0, 0.05) is 0 Å². The lowest BCUT2D eigenvalue weighted by Crippen LogP contribution is -2.17. The average Bonchev–Trinajstić information content (AvgIpc) is 2.29. The molecular formula is C13H11NO2. The van der Waals surface area contributed by atoms with Crippen LogP contribution >= 0.6 is 0 Å². The number of nitrogens with zero attached hydrogens (tertiary/aromatic N) is 1. The fraction of sp³-hybridized carbons (Fsp3) is 0.154. The van der Waals surface area contributed by atoms with Gasteiger partial charge in [0.1, 0.15) is 11.7 Å². The van der Waals surface area contributed by atoms with E-state index in [-0.39, 0.29) is 11.6 Å². The first kappa shape index (κ1) is 11.9. The summed E-state index contributed by atoms with van der Waals surface area (Å²) >= 11 is 0. The first-order valence-corrected chi connectivity index (χ1v) is 4.77. The van der Waals surface area contributed by atoms with Gasteiger partial charge in [-0.3, -0.25) is 9.59 Å². The smallest absolute Gasteiger partial charge is 0.169 e. The maximum atomic E-state index is 11.5. The highest BCUT2D eigenvalue weighted by Gasteiger charge is 2.22. The van der Waals surface area contributed by atoms with E-state index in [1.165, 1.54) is 6.92 Å². The lowest BCUT2D eigenvalue weighted by atomic mass is 9.90. The number of hydrogen-bond acceptors (Lipinski definition) is 3. The number of carbonyl (C=O) groups excluding carboxylic acids is 2. The molecule has 0 fully saturated rings.